The Morgan fingerprint density at radius 3 is 1.78 bits per heavy atom. The minimum absolute atomic E-state index is 0.0162. The summed E-state index contributed by atoms with van der Waals surface area (Å²) in [7, 11) is 0. The van der Waals surface area contributed by atoms with Gasteiger partial charge in [-0.25, -0.2) is 4.79 Å². The van der Waals surface area contributed by atoms with Crippen LogP contribution in [0.1, 0.15) is 91.5 Å². The Labute approximate surface area is 190 Å². The molecule has 174 valence electrons. The van der Waals surface area contributed by atoms with Gasteiger partial charge in [0.05, 0.1) is 12.2 Å². The number of carbonyl (C=O) groups excluding carboxylic acids is 1. The SMILES string of the molecule is CC(=O)O.CCCCCCCCCCOc1ccc(C(=O)c2ccccc2C(=O)O)cc1. The fourth-order valence-electron chi connectivity index (χ4n) is 3.15. The second-order valence-electron chi connectivity index (χ2n) is 7.55. The van der Waals surface area contributed by atoms with Gasteiger partial charge in [-0.15, -0.1) is 0 Å². The summed E-state index contributed by atoms with van der Waals surface area (Å²) in [6, 6.07) is 13.2. The van der Waals surface area contributed by atoms with Gasteiger partial charge in [0.1, 0.15) is 5.75 Å². The fourth-order valence-corrected chi connectivity index (χ4v) is 3.15. The van der Waals surface area contributed by atoms with Crippen LogP contribution in [0, 0.1) is 0 Å². The van der Waals surface area contributed by atoms with Gasteiger partial charge in [-0.3, -0.25) is 9.59 Å². The maximum absolute atomic E-state index is 12.6. The second kappa shape index (κ2) is 15.6. The first-order valence-electron chi connectivity index (χ1n) is 11.2. The Balaban J connectivity index is 0.00000118. The minimum Gasteiger partial charge on any atom is -0.494 e. The van der Waals surface area contributed by atoms with E-state index in [0.717, 1.165) is 19.1 Å². The van der Waals surface area contributed by atoms with E-state index >= 15 is 0 Å². The molecule has 0 amide bonds. The monoisotopic (exact) mass is 442 g/mol. The Bertz CT molecular complexity index is 838. The normalized spacial score (nSPS) is 10.1. The predicted molar refractivity (Wildman–Crippen MR) is 125 cm³/mol. The summed E-state index contributed by atoms with van der Waals surface area (Å²) in [6.45, 7) is 3.98. The van der Waals surface area contributed by atoms with Gasteiger partial charge < -0.3 is 14.9 Å². The molecule has 0 radical (unpaired) electrons. The molecule has 0 unspecified atom stereocenters. The van der Waals surface area contributed by atoms with Crippen LogP contribution in [0.5, 0.6) is 5.75 Å². The smallest absolute Gasteiger partial charge is 0.336 e. The molecule has 0 aliphatic heterocycles. The Morgan fingerprint density at radius 2 is 1.25 bits per heavy atom. The van der Waals surface area contributed by atoms with Crippen LogP contribution in [0.25, 0.3) is 0 Å². The van der Waals surface area contributed by atoms with Crippen molar-refractivity contribution < 1.29 is 29.3 Å². The van der Waals surface area contributed by atoms with Crippen LogP contribution in [-0.2, 0) is 4.79 Å². The standard InChI is InChI=1S/C24H30O4.C2H4O2/c1-2-3-4-5-6-7-8-11-18-28-20-16-14-19(15-17-20)23(25)21-12-9-10-13-22(21)24(26)27;1-2(3)4/h9-10,12-17H,2-8,11,18H2,1H3,(H,26,27);1H3,(H,3,4). The number of rotatable bonds is 13. The third kappa shape index (κ3) is 10.8. The quantitative estimate of drug-likeness (QED) is 0.282. The third-order valence-electron chi connectivity index (χ3n) is 4.79. The lowest BCUT2D eigenvalue weighted by molar-refractivity contribution is -0.134. The van der Waals surface area contributed by atoms with Crippen LogP contribution in [0.2, 0.25) is 0 Å². The highest BCUT2D eigenvalue weighted by molar-refractivity contribution is 6.14. The summed E-state index contributed by atoms with van der Waals surface area (Å²) in [6.07, 6.45) is 10.0. The van der Waals surface area contributed by atoms with Gasteiger partial charge in [-0.2, -0.15) is 0 Å². The summed E-state index contributed by atoms with van der Waals surface area (Å²) < 4.78 is 5.75. The van der Waals surface area contributed by atoms with Crippen molar-refractivity contribution in [3.63, 3.8) is 0 Å². The van der Waals surface area contributed by atoms with Gasteiger partial charge in [0.25, 0.3) is 5.97 Å². The fraction of sp³-hybridized carbons (Fsp3) is 0.423. The van der Waals surface area contributed by atoms with Gasteiger partial charge in [-0.05, 0) is 36.8 Å². The molecule has 0 heterocycles. The van der Waals surface area contributed by atoms with Crippen molar-refractivity contribution in [3.8, 4) is 5.75 Å². The van der Waals surface area contributed by atoms with Crippen molar-refractivity contribution >= 4 is 17.7 Å². The first kappa shape index (κ1) is 26.9. The number of ketones is 1. The molecule has 0 saturated carbocycles. The molecule has 2 aromatic rings. The van der Waals surface area contributed by atoms with Crippen molar-refractivity contribution in [1.29, 1.82) is 0 Å². The summed E-state index contributed by atoms with van der Waals surface area (Å²) in [5.41, 5.74) is 0.665. The molecule has 0 fully saturated rings. The Kier molecular flexibility index (Phi) is 13.1. The third-order valence-corrected chi connectivity index (χ3v) is 4.79. The molecular formula is C26H34O6. The number of carboxylic acid groups (broad SMARTS) is 2. The predicted octanol–water partition coefficient (Wildman–Crippen LogP) is 6.23. The topological polar surface area (TPSA) is 101 Å². The van der Waals surface area contributed by atoms with E-state index in [-0.39, 0.29) is 16.9 Å². The van der Waals surface area contributed by atoms with Gasteiger partial charge in [0.15, 0.2) is 5.78 Å². The maximum Gasteiger partial charge on any atom is 0.336 e. The number of unbranched alkanes of at least 4 members (excludes halogenated alkanes) is 7. The van der Waals surface area contributed by atoms with E-state index in [4.69, 9.17) is 14.6 Å². The molecule has 2 aromatic carbocycles. The molecule has 6 nitrogen and oxygen atoms in total. The average Bonchev–Trinajstić information content (AvgIpc) is 2.77. The average molecular weight is 443 g/mol. The van der Waals surface area contributed by atoms with Gasteiger partial charge >= 0.3 is 5.97 Å². The summed E-state index contributed by atoms with van der Waals surface area (Å²) in [4.78, 5) is 32.9. The molecule has 2 N–H and O–H groups in total. The molecule has 2 rings (SSSR count). The van der Waals surface area contributed by atoms with Crippen LogP contribution in [-0.4, -0.2) is 34.5 Å². The van der Waals surface area contributed by atoms with E-state index in [9.17, 15) is 14.7 Å². The van der Waals surface area contributed by atoms with Crippen LogP contribution < -0.4 is 4.74 Å². The molecule has 0 aliphatic rings. The van der Waals surface area contributed by atoms with Crippen molar-refractivity contribution in [2.45, 2.75) is 65.2 Å². The number of aromatic carboxylic acids is 1. The van der Waals surface area contributed by atoms with E-state index in [1.807, 2.05) is 0 Å². The number of hydrogen-bond acceptors (Lipinski definition) is 4. The minimum atomic E-state index is -1.10. The zero-order valence-electron chi connectivity index (χ0n) is 19.0. The molecule has 0 aromatic heterocycles. The van der Waals surface area contributed by atoms with E-state index in [2.05, 4.69) is 6.92 Å². The first-order valence-corrected chi connectivity index (χ1v) is 11.2. The van der Waals surface area contributed by atoms with E-state index in [1.165, 1.54) is 51.0 Å². The number of hydrogen-bond donors (Lipinski definition) is 2. The molecule has 0 bridgehead atoms. The van der Waals surface area contributed by atoms with Gasteiger partial charge in [-0.1, -0.05) is 70.1 Å². The van der Waals surface area contributed by atoms with Gasteiger partial charge in [0, 0.05) is 18.1 Å². The zero-order valence-corrected chi connectivity index (χ0v) is 19.0. The largest absolute Gasteiger partial charge is 0.494 e. The zero-order chi connectivity index (χ0) is 23.8. The van der Waals surface area contributed by atoms with Crippen LogP contribution >= 0.6 is 0 Å². The number of carboxylic acids is 2. The van der Waals surface area contributed by atoms with Crippen molar-refractivity contribution in [2.75, 3.05) is 6.61 Å². The first-order chi connectivity index (χ1) is 15.4. The van der Waals surface area contributed by atoms with Crippen molar-refractivity contribution in [2.24, 2.45) is 0 Å². The van der Waals surface area contributed by atoms with E-state index < -0.39 is 11.9 Å². The molecule has 6 heteroatoms. The summed E-state index contributed by atoms with van der Waals surface area (Å²) >= 11 is 0. The number of carbonyl (C=O) groups is 3. The van der Waals surface area contributed by atoms with Crippen molar-refractivity contribution in [3.05, 3.63) is 65.2 Å². The highest BCUT2D eigenvalue weighted by atomic mass is 16.5. The molecule has 0 saturated heterocycles. The summed E-state index contributed by atoms with van der Waals surface area (Å²) in [5, 5.41) is 16.7. The molecular weight excluding hydrogens is 408 g/mol. The van der Waals surface area contributed by atoms with Crippen LogP contribution in [0.3, 0.4) is 0 Å². The lowest BCUT2D eigenvalue weighted by Gasteiger charge is -2.08. The van der Waals surface area contributed by atoms with Crippen molar-refractivity contribution in [1.82, 2.24) is 0 Å². The maximum atomic E-state index is 12.6. The molecule has 0 aliphatic carbocycles. The van der Waals surface area contributed by atoms with E-state index in [1.54, 1.807) is 42.5 Å². The molecule has 0 spiro atoms. The molecule has 0 atom stereocenters. The lowest BCUT2D eigenvalue weighted by Crippen LogP contribution is -2.09. The Hall–Kier alpha value is -3.15. The number of ether oxygens (including phenoxy) is 1. The van der Waals surface area contributed by atoms with Gasteiger partial charge in [0.2, 0.25) is 0 Å². The highest BCUT2D eigenvalue weighted by Crippen LogP contribution is 2.18. The van der Waals surface area contributed by atoms with E-state index in [0.29, 0.717) is 12.2 Å². The van der Waals surface area contributed by atoms with Crippen LogP contribution in [0.15, 0.2) is 48.5 Å². The second-order valence-corrected chi connectivity index (χ2v) is 7.55. The van der Waals surface area contributed by atoms with Crippen LogP contribution in [0.4, 0.5) is 0 Å². The number of aliphatic carboxylic acids is 1. The molecule has 32 heavy (non-hydrogen) atoms. The summed E-state index contributed by atoms with van der Waals surface area (Å²) in [5.74, 6) is -1.51. The number of benzene rings is 2. The Morgan fingerprint density at radius 1 is 0.750 bits per heavy atom. The highest BCUT2D eigenvalue weighted by Gasteiger charge is 2.17. The lowest BCUT2D eigenvalue weighted by atomic mass is 9.98.